The zero-order valence-electron chi connectivity index (χ0n) is 7.20. The van der Waals surface area contributed by atoms with Crippen LogP contribution in [0.2, 0.25) is 0 Å². The Hall–Kier alpha value is -0.440. The van der Waals surface area contributed by atoms with Gasteiger partial charge in [-0.2, -0.15) is 12.6 Å². The van der Waals surface area contributed by atoms with Crippen LogP contribution in [0.4, 0.5) is 0 Å². The van der Waals surface area contributed by atoms with Crippen molar-refractivity contribution in [2.24, 2.45) is 5.92 Å². The lowest BCUT2D eigenvalue weighted by Gasteiger charge is -2.05. The van der Waals surface area contributed by atoms with Crippen LogP contribution in [0.3, 0.4) is 0 Å². The molecule has 0 aromatic heterocycles. The highest BCUT2D eigenvalue weighted by molar-refractivity contribution is 7.80. The molecule has 12 heavy (non-hydrogen) atoms. The first kappa shape index (κ1) is 11.6. The van der Waals surface area contributed by atoms with Crippen molar-refractivity contribution in [1.82, 2.24) is 0 Å². The van der Waals surface area contributed by atoms with Gasteiger partial charge in [0.25, 0.3) is 0 Å². The number of hydrogen-bond acceptors (Lipinski definition) is 2. The molecule has 0 aliphatic heterocycles. The number of carboxylic acid groups (broad SMARTS) is 1. The summed E-state index contributed by atoms with van der Waals surface area (Å²) in [6.45, 7) is 3.49. The van der Waals surface area contributed by atoms with Crippen LogP contribution in [-0.2, 0) is 4.79 Å². The van der Waals surface area contributed by atoms with E-state index >= 15 is 0 Å². The molecule has 2 nitrogen and oxygen atoms in total. The third kappa shape index (κ3) is 5.24. The van der Waals surface area contributed by atoms with Crippen LogP contribution in [0.1, 0.15) is 25.7 Å². The molecule has 0 aliphatic carbocycles. The summed E-state index contributed by atoms with van der Waals surface area (Å²) in [4.78, 5) is 10.5. The topological polar surface area (TPSA) is 37.3 Å². The van der Waals surface area contributed by atoms with Crippen molar-refractivity contribution in [3.63, 3.8) is 0 Å². The largest absolute Gasteiger partial charge is 0.481 e. The molecule has 0 fully saturated rings. The zero-order chi connectivity index (χ0) is 9.40. The predicted octanol–water partition coefficient (Wildman–Crippen LogP) is 2.36. The molecule has 0 aliphatic rings. The average molecular weight is 188 g/mol. The normalized spacial score (nSPS) is 12.4. The highest BCUT2D eigenvalue weighted by atomic mass is 32.1. The van der Waals surface area contributed by atoms with E-state index < -0.39 is 5.97 Å². The number of hydrogen-bond donors (Lipinski definition) is 2. The van der Waals surface area contributed by atoms with Gasteiger partial charge in [-0.25, -0.2) is 0 Å². The minimum Gasteiger partial charge on any atom is -0.481 e. The first-order valence-corrected chi connectivity index (χ1v) is 4.81. The van der Waals surface area contributed by atoms with Gasteiger partial charge in [-0.1, -0.05) is 18.9 Å². The second kappa shape index (κ2) is 7.22. The number of thiol groups is 1. The summed E-state index contributed by atoms with van der Waals surface area (Å²) in [7, 11) is 0. The summed E-state index contributed by atoms with van der Waals surface area (Å²) < 4.78 is 0. The molecule has 3 heteroatoms. The second-order valence-corrected chi connectivity index (χ2v) is 3.20. The molecular formula is C9H16O2S. The maximum atomic E-state index is 10.5. The van der Waals surface area contributed by atoms with Gasteiger partial charge in [0.1, 0.15) is 0 Å². The van der Waals surface area contributed by atoms with E-state index in [1.165, 1.54) is 6.08 Å². The van der Waals surface area contributed by atoms with E-state index in [9.17, 15) is 4.79 Å². The molecule has 0 amide bonds. The van der Waals surface area contributed by atoms with Crippen molar-refractivity contribution < 1.29 is 9.90 Å². The standard InChI is InChI=1S/C9H16O2S/c1-2-8(9(10)11)6-4-3-5-7-12/h2,8,12H,1,3-7H2,(H,10,11). The van der Waals surface area contributed by atoms with Gasteiger partial charge >= 0.3 is 5.97 Å². The van der Waals surface area contributed by atoms with Crippen LogP contribution in [0.5, 0.6) is 0 Å². The highest BCUT2D eigenvalue weighted by Crippen LogP contribution is 2.11. The molecule has 0 aromatic carbocycles. The summed E-state index contributed by atoms with van der Waals surface area (Å²) >= 11 is 4.07. The van der Waals surface area contributed by atoms with E-state index in [1.807, 2.05) is 0 Å². The molecule has 0 saturated carbocycles. The van der Waals surface area contributed by atoms with Crippen molar-refractivity contribution in [3.05, 3.63) is 12.7 Å². The van der Waals surface area contributed by atoms with Gasteiger partial charge in [-0.05, 0) is 18.6 Å². The molecule has 0 aromatic rings. The highest BCUT2D eigenvalue weighted by Gasteiger charge is 2.11. The first-order chi connectivity index (χ1) is 5.72. The fraction of sp³-hybridized carbons (Fsp3) is 0.667. The molecule has 0 saturated heterocycles. The molecule has 0 rings (SSSR count). The third-order valence-electron chi connectivity index (χ3n) is 1.77. The van der Waals surface area contributed by atoms with E-state index in [0.29, 0.717) is 6.42 Å². The second-order valence-electron chi connectivity index (χ2n) is 2.75. The van der Waals surface area contributed by atoms with Crippen molar-refractivity contribution >= 4 is 18.6 Å². The Balaban J connectivity index is 3.45. The Labute approximate surface area is 79.1 Å². The lowest BCUT2D eigenvalue weighted by molar-refractivity contribution is -0.140. The number of carbonyl (C=O) groups is 1. The zero-order valence-corrected chi connectivity index (χ0v) is 8.09. The molecule has 0 spiro atoms. The van der Waals surface area contributed by atoms with Crippen LogP contribution in [-0.4, -0.2) is 16.8 Å². The quantitative estimate of drug-likeness (QED) is 0.365. The van der Waals surface area contributed by atoms with E-state index in [4.69, 9.17) is 5.11 Å². The summed E-state index contributed by atoms with van der Waals surface area (Å²) in [6, 6.07) is 0. The van der Waals surface area contributed by atoms with Gasteiger partial charge < -0.3 is 5.11 Å². The van der Waals surface area contributed by atoms with Crippen LogP contribution in [0.15, 0.2) is 12.7 Å². The molecule has 0 bridgehead atoms. The maximum Gasteiger partial charge on any atom is 0.310 e. The van der Waals surface area contributed by atoms with E-state index in [1.54, 1.807) is 0 Å². The molecule has 0 heterocycles. The van der Waals surface area contributed by atoms with Crippen LogP contribution < -0.4 is 0 Å². The van der Waals surface area contributed by atoms with Gasteiger partial charge in [-0.15, -0.1) is 6.58 Å². The third-order valence-corrected chi connectivity index (χ3v) is 2.09. The van der Waals surface area contributed by atoms with Gasteiger partial charge in [0.05, 0.1) is 5.92 Å². The van der Waals surface area contributed by atoms with Crippen molar-refractivity contribution in [2.45, 2.75) is 25.7 Å². The molecule has 1 atom stereocenters. The summed E-state index contributed by atoms with van der Waals surface area (Å²) in [5.41, 5.74) is 0. The maximum absolute atomic E-state index is 10.5. The fourth-order valence-corrected chi connectivity index (χ4v) is 1.22. The summed E-state index contributed by atoms with van der Waals surface area (Å²) in [6.07, 6.45) is 5.27. The number of aliphatic carboxylic acids is 1. The van der Waals surface area contributed by atoms with Crippen LogP contribution in [0.25, 0.3) is 0 Å². The predicted molar refractivity (Wildman–Crippen MR) is 53.6 cm³/mol. The summed E-state index contributed by atoms with van der Waals surface area (Å²) in [5, 5.41) is 8.64. The molecular weight excluding hydrogens is 172 g/mol. The van der Waals surface area contributed by atoms with E-state index in [0.717, 1.165) is 25.0 Å². The van der Waals surface area contributed by atoms with Crippen molar-refractivity contribution in [1.29, 1.82) is 0 Å². The Morgan fingerprint density at radius 1 is 1.50 bits per heavy atom. The minimum absolute atomic E-state index is 0.370. The molecule has 70 valence electrons. The van der Waals surface area contributed by atoms with E-state index in [2.05, 4.69) is 19.2 Å². The Bertz CT molecular complexity index is 145. The monoisotopic (exact) mass is 188 g/mol. The SMILES string of the molecule is C=CC(CCCCCS)C(=O)O. The molecule has 1 N–H and O–H groups in total. The number of unbranched alkanes of at least 4 members (excludes halogenated alkanes) is 2. The lowest BCUT2D eigenvalue weighted by Crippen LogP contribution is -2.10. The van der Waals surface area contributed by atoms with Crippen LogP contribution >= 0.6 is 12.6 Å². The van der Waals surface area contributed by atoms with Gasteiger partial charge in [0.15, 0.2) is 0 Å². The fourth-order valence-electron chi connectivity index (χ4n) is 0.995. The number of rotatable bonds is 7. The van der Waals surface area contributed by atoms with Crippen molar-refractivity contribution in [3.8, 4) is 0 Å². The van der Waals surface area contributed by atoms with E-state index in [-0.39, 0.29) is 5.92 Å². The molecule has 1 unspecified atom stereocenters. The first-order valence-electron chi connectivity index (χ1n) is 4.18. The lowest BCUT2D eigenvalue weighted by atomic mass is 10.0. The van der Waals surface area contributed by atoms with Gasteiger partial charge in [0.2, 0.25) is 0 Å². The van der Waals surface area contributed by atoms with Crippen molar-refractivity contribution in [2.75, 3.05) is 5.75 Å². The Morgan fingerprint density at radius 2 is 2.17 bits per heavy atom. The average Bonchev–Trinajstić information content (AvgIpc) is 2.04. The van der Waals surface area contributed by atoms with Gasteiger partial charge in [-0.3, -0.25) is 4.79 Å². The van der Waals surface area contributed by atoms with Gasteiger partial charge in [0, 0.05) is 0 Å². The minimum atomic E-state index is -0.768. The Kier molecular flexibility index (Phi) is 6.96. The number of carboxylic acids is 1. The smallest absolute Gasteiger partial charge is 0.310 e. The van der Waals surface area contributed by atoms with Crippen LogP contribution in [0, 0.1) is 5.92 Å². The molecule has 0 radical (unpaired) electrons. The Morgan fingerprint density at radius 3 is 2.58 bits per heavy atom. The summed E-state index contributed by atoms with van der Waals surface area (Å²) in [5.74, 6) is -0.257.